The highest BCUT2D eigenvalue weighted by Crippen LogP contribution is 2.29. The highest BCUT2D eigenvalue weighted by molar-refractivity contribution is 6.31. The lowest BCUT2D eigenvalue weighted by Crippen LogP contribution is -2.04. The van der Waals surface area contributed by atoms with Crippen LogP contribution in [0.25, 0.3) is 11.0 Å². The molecule has 142 valence electrons. The maximum absolute atomic E-state index is 14.6. The van der Waals surface area contributed by atoms with Crippen molar-refractivity contribution in [3.05, 3.63) is 82.5 Å². The highest BCUT2D eigenvalue weighted by atomic mass is 35.5. The van der Waals surface area contributed by atoms with E-state index in [0.717, 1.165) is 16.5 Å². The summed E-state index contributed by atoms with van der Waals surface area (Å²) in [7, 11) is 1.60. The average molecular weight is 397 g/mol. The molecule has 0 aliphatic carbocycles. The molecule has 1 aromatic carbocycles. The van der Waals surface area contributed by atoms with Gasteiger partial charge in [0.2, 0.25) is 5.95 Å². The van der Waals surface area contributed by atoms with E-state index in [9.17, 15) is 4.39 Å². The molecule has 4 aromatic rings. The number of halogens is 2. The first-order chi connectivity index (χ1) is 13.7. The molecule has 0 aliphatic rings. The maximum atomic E-state index is 14.6. The number of aromatic amines is 1. The van der Waals surface area contributed by atoms with Crippen LogP contribution in [0.4, 0.5) is 10.2 Å². The molecule has 2 N–H and O–H groups in total. The number of nitrogens with zero attached hydrogens (tertiary/aromatic N) is 2. The Balaban J connectivity index is 1.53. The van der Waals surface area contributed by atoms with Crippen molar-refractivity contribution in [2.45, 2.75) is 13.0 Å². The van der Waals surface area contributed by atoms with E-state index in [2.05, 4.69) is 20.3 Å². The molecule has 0 saturated carbocycles. The average Bonchev–Trinajstić information content (AvgIpc) is 3.12. The summed E-state index contributed by atoms with van der Waals surface area (Å²) in [4.78, 5) is 11.4. The molecule has 0 spiro atoms. The number of aromatic nitrogens is 3. The van der Waals surface area contributed by atoms with Crippen LogP contribution in [0.5, 0.6) is 5.75 Å². The fraction of sp³-hybridized carbons (Fsp3) is 0.143. The molecule has 0 unspecified atom stereocenters. The van der Waals surface area contributed by atoms with Crippen molar-refractivity contribution >= 4 is 28.5 Å². The summed E-state index contributed by atoms with van der Waals surface area (Å²) < 4.78 is 20.0. The van der Waals surface area contributed by atoms with Crippen LogP contribution in [0.2, 0.25) is 5.02 Å². The van der Waals surface area contributed by atoms with Gasteiger partial charge in [-0.05, 0) is 29.3 Å². The van der Waals surface area contributed by atoms with Crippen molar-refractivity contribution in [2.75, 3.05) is 12.4 Å². The molecule has 0 atom stereocenters. The Morgan fingerprint density at radius 2 is 1.96 bits per heavy atom. The fourth-order valence-corrected chi connectivity index (χ4v) is 3.33. The summed E-state index contributed by atoms with van der Waals surface area (Å²) in [6.07, 6.45) is 3.87. The van der Waals surface area contributed by atoms with E-state index in [0.29, 0.717) is 40.8 Å². The lowest BCUT2D eigenvalue weighted by atomic mass is 10.1. The van der Waals surface area contributed by atoms with E-state index in [1.165, 1.54) is 0 Å². The number of benzene rings is 1. The number of anilines is 1. The van der Waals surface area contributed by atoms with Gasteiger partial charge in [-0.2, -0.15) is 4.39 Å². The molecule has 28 heavy (non-hydrogen) atoms. The molecule has 3 heterocycles. The van der Waals surface area contributed by atoms with Gasteiger partial charge in [-0.25, -0.2) is 9.97 Å². The maximum Gasteiger partial charge on any atom is 0.218 e. The van der Waals surface area contributed by atoms with Crippen LogP contribution in [0.15, 0.2) is 54.9 Å². The van der Waals surface area contributed by atoms with Crippen LogP contribution in [0, 0.1) is 5.95 Å². The van der Waals surface area contributed by atoms with E-state index in [1.807, 2.05) is 30.5 Å². The third kappa shape index (κ3) is 3.64. The number of H-pyrrole nitrogens is 1. The number of methoxy groups -OCH3 is 1. The molecule has 7 heteroatoms. The largest absolute Gasteiger partial charge is 0.496 e. The lowest BCUT2D eigenvalue weighted by Gasteiger charge is -2.09. The van der Waals surface area contributed by atoms with Gasteiger partial charge in [-0.1, -0.05) is 35.9 Å². The number of pyridine rings is 2. The minimum atomic E-state index is -0.513. The Morgan fingerprint density at radius 3 is 2.75 bits per heavy atom. The number of rotatable bonds is 6. The molecule has 0 amide bonds. The predicted molar refractivity (Wildman–Crippen MR) is 108 cm³/mol. The summed E-state index contributed by atoms with van der Waals surface area (Å²) in [5, 5.41) is 4.62. The Kier molecular flexibility index (Phi) is 5.12. The Morgan fingerprint density at radius 1 is 1.11 bits per heavy atom. The molecule has 0 bridgehead atoms. The number of fused-ring (bicyclic) bond motifs is 1. The molecule has 0 aliphatic heterocycles. The smallest absolute Gasteiger partial charge is 0.218 e. The van der Waals surface area contributed by atoms with Crippen molar-refractivity contribution in [2.24, 2.45) is 0 Å². The van der Waals surface area contributed by atoms with Crippen molar-refractivity contribution in [1.29, 1.82) is 0 Å². The molecule has 5 nitrogen and oxygen atoms in total. The Labute approximate surface area is 166 Å². The van der Waals surface area contributed by atoms with E-state index >= 15 is 0 Å². The second-order valence-corrected chi connectivity index (χ2v) is 6.73. The highest BCUT2D eigenvalue weighted by Gasteiger charge is 2.14. The molecule has 4 rings (SSSR count). The second kappa shape index (κ2) is 7.86. The summed E-state index contributed by atoms with van der Waals surface area (Å²) in [5.41, 5.74) is 3.03. The number of nitrogens with one attached hydrogen (secondary N) is 2. The molecule has 0 fully saturated rings. The molecule has 0 saturated heterocycles. The minimum absolute atomic E-state index is 0.381. The van der Waals surface area contributed by atoms with Crippen molar-refractivity contribution in [1.82, 2.24) is 15.0 Å². The summed E-state index contributed by atoms with van der Waals surface area (Å²) >= 11 is 6.15. The summed E-state index contributed by atoms with van der Waals surface area (Å²) in [5.74, 6) is 0.647. The van der Waals surface area contributed by atoms with E-state index in [4.69, 9.17) is 16.3 Å². The first kappa shape index (κ1) is 18.3. The normalized spacial score (nSPS) is 11.0. The van der Waals surface area contributed by atoms with Crippen LogP contribution in [0.1, 0.15) is 16.7 Å². The van der Waals surface area contributed by atoms with Crippen LogP contribution >= 0.6 is 11.6 Å². The first-order valence-corrected chi connectivity index (χ1v) is 9.15. The third-order valence-corrected chi connectivity index (χ3v) is 4.93. The summed E-state index contributed by atoms with van der Waals surface area (Å²) in [6.45, 7) is 0.469. The van der Waals surface area contributed by atoms with Gasteiger partial charge in [0.25, 0.3) is 0 Å². The standard InChI is InChI=1S/C21H18ClFN4O/c1-28-17-8-9-24-21-19(17)15(12-26-21)10-13-6-7-18(27-20(13)23)25-11-14-4-2-3-5-16(14)22/h2-9,12H,10-11H2,1H3,(H,24,26)(H,25,27). The topological polar surface area (TPSA) is 62.8 Å². The van der Waals surface area contributed by atoms with E-state index in [-0.39, 0.29) is 0 Å². The van der Waals surface area contributed by atoms with Gasteiger partial charge < -0.3 is 15.0 Å². The van der Waals surface area contributed by atoms with E-state index < -0.39 is 5.95 Å². The SMILES string of the molecule is COc1ccnc2[nH]cc(Cc3ccc(NCc4ccccc4Cl)nc3F)c12. The monoisotopic (exact) mass is 396 g/mol. The van der Waals surface area contributed by atoms with Gasteiger partial charge >= 0.3 is 0 Å². The van der Waals surface area contributed by atoms with Gasteiger partial charge in [-0.15, -0.1) is 0 Å². The third-order valence-electron chi connectivity index (χ3n) is 4.56. The Bertz CT molecular complexity index is 1130. The van der Waals surface area contributed by atoms with Crippen molar-refractivity contribution < 1.29 is 9.13 Å². The zero-order chi connectivity index (χ0) is 19.5. The number of hydrogen-bond acceptors (Lipinski definition) is 4. The fourth-order valence-electron chi connectivity index (χ4n) is 3.13. The Hall–Kier alpha value is -3.12. The van der Waals surface area contributed by atoms with E-state index in [1.54, 1.807) is 31.5 Å². The van der Waals surface area contributed by atoms with Crippen LogP contribution in [0.3, 0.4) is 0 Å². The zero-order valence-corrected chi connectivity index (χ0v) is 15.9. The second-order valence-electron chi connectivity index (χ2n) is 6.32. The number of ether oxygens (including phenoxy) is 1. The molecular weight excluding hydrogens is 379 g/mol. The van der Waals surface area contributed by atoms with Crippen molar-refractivity contribution in [3.8, 4) is 5.75 Å². The van der Waals surface area contributed by atoms with Crippen molar-refractivity contribution in [3.63, 3.8) is 0 Å². The van der Waals surface area contributed by atoms with Gasteiger partial charge in [0, 0.05) is 35.9 Å². The van der Waals surface area contributed by atoms with Crippen LogP contribution < -0.4 is 10.1 Å². The quantitative estimate of drug-likeness (QED) is 0.452. The van der Waals surface area contributed by atoms with Gasteiger partial charge in [-0.3, -0.25) is 0 Å². The lowest BCUT2D eigenvalue weighted by molar-refractivity contribution is 0.419. The van der Waals surface area contributed by atoms with Crippen LogP contribution in [-0.4, -0.2) is 22.1 Å². The van der Waals surface area contributed by atoms with Gasteiger partial charge in [0.1, 0.15) is 17.2 Å². The molecular formula is C21H18ClFN4O. The van der Waals surface area contributed by atoms with Gasteiger partial charge in [0.15, 0.2) is 0 Å². The first-order valence-electron chi connectivity index (χ1n) is 8.77. The minimum Gasteiger partial charge on any atom is -0.496 e. The molecule has 3 aromatic heterocycles. The number of hydrogen-bond donors (Lipinski definition) is 2. The summed E-state index contributed by atoms with van der Waals surface area (Å²) in [6, 6.07) is 12.8. The van der Waals surface area contributed by atoms with Crippen LogP contribution in [-0.2, 0) is 13.0 Å². The molecule has 0 radical (unpaired) electrons. The predicted octanol–water partition coefficient (Wildman–Crippen LogP) is 4.96. The van der Waals surface area contributed by atoms with Gasteiger partial charge in [0.05, 0.1) is 12.5 Å². The zero-order valence-electron chi connectivity index (χ0n) is 15.2.